The maximum absolute atomic E-state index is 14.4. The number of halogens is 1. The topological polar surface area (TPSA) is 119 Å². The Labute approximate surface area is 315 Å². The molecule has 2 N–H and O–H groups in total. The summed E-state index contributed by atoms with van der Waals surface area (Å²) in [7, 11) is 0. The minimum atomic E-state index is -0.771. The number of benzene rings is 1. The molecular formula is C43H61ClO8. The molecule has 4 fully saturated rings. The van der Waals surface area contributed by atoms with Crippen LogP contribution in [0.5, 0.6) is 0 Å². The molecule has 8 nitrogen and oxygen atoms in total. The lowest BCUT2D eigenvalue weighted by Crippen LogP contribution is -2.65. The van der Waals surface area contributed by atoms with Crippen LogP contribution in [-0.2, 0) is 28.6 Å². The zero-order valence-corrected chi connectivity index (χ0v) is 33.7. The zero-order valence-electron chi connectivity index (χ0n) is 32.9. The maximum Gasteiger partial charge on any atom is 0.336 e. The summed E-state index contributed by atoms with van der Waals surface area (Å²) in [4.78, 5) is 39.7. The second-order valence-corrected chi connectivity index (χ2v) is 18.7. The first-order valence-electron chi connectivity index (χ1n) is 19.2. The van der Waals surface area contributed by atoms with E-state index < -0.39 is 47.7 Å². The molecule has 0 heterocycles. The van der Waals surface area contributed by atoms with Crippen molar-refractivity contribution >= 4 is 35.1 Å². The molecule has 0 spiro atoms. The molecule has 1 aromatic carbocycles. The zero-order chi connectivity index (χ0) is 38.6. The fourth-order valence-electron chi connectivity index (χ4n) is 11.3. The second-order valence-electron chi connectivity index (χ2n) is 18.2. The standard InChI is InChI=1S/C43H61ClO8/c1-24(2)29(27-11-13-28(44)14-12-27)15-16-30(38(48)50-23-51-39(49)40(5,6)7)36-32-21-34(47)37-41(8)19-18-33(46)25(3)31(41)17-20-42(37,9)43(32,10)22-35(36)52-26(4)45/h11-14,25,31-35,37,46-47H,15-23H2,1-10H3/t25-,31?,32+,33+,34+,35-,37+,41-,42-,43-/m0/s1. The van der Waals surface area contributed by atoms with Crippen LogP contribution in [-0.4, -0.2) is 53.2 Å². The predicted molar refractivity (Wildman–Crippen MR) is 202 cm³/mol. The molecule has 0 aromatic heterocycles. The lowest BCUT2D eigenvalue weighted by Gasteiger charge is -2.69. The molecule has 0 amide bonds. The summed E-state index contributed by atoms with van der Waals surface area (Å²) < 4.78 is 17.2. The van der Waals surface area contributed by atoms with Gasteiger partial charge in [0.15, 0.2) is 0 Å². The van der Waals surface area contributed by atoms with E-state index in [1.54, 1.807) is 20.8 Å². The molecule has 0 saturated heterocycles. The number of aliphatic hydroxyl groups excluding tert-OH is 2. The van der Waals surface area contributed by atoms with Crippen molar-refractivity contribution in [3.05, 3.63) is 51.6 Å². The Kier molecular flexibility index (Phi) is 11.6. The van der Waals surface area contributed by atoms with Crippen molar-refractivity contribution in [1.82, 2.24) is 0 Å². The number of rotatable bonds is 8. The Morgan fingerprint density at radius 3 is 2.15 bits per heavy atom. The predicted octanol–water partition coefficient (Wildman–Crippen LogP) is 8.85. The van der Waals surface area contributed by atoms with Crippen LogP contribution in [0.25, 0.3) is 5.57 Å². The highest BCUT2D eigenvalue weighted by Crippen LogP contribution is 2.74. The Morgan fingerprint density at radius 1 is 0.904 bits per heavy atom. The number of carbonyl (C=O) groups is 3. The molecule has 4 aliphatic rings. The van der Waals surface area contributed by atoms with Gasteiger partial charge in [0.05, 0.1) is 17.6 Å². The van der Waals surface area contributed by atoms with Gasteiger partial charge in [-0.3, -0.25) is 9.59 Å². The number of ether oxygens (including phenoxy) is 3. The average Bonchev–Trinajstić information content (AvgIpc) is 3.32. The number of carbonyl (C=O) groups excluding carboxylic acids is 3. The first-order chi connectivity index (χ1) is 24.2. The molecule has 4 aliphatic carbocycles. The molecule has 0 aliphatic heterocycles. The third-order valence-electron chi connectivity index (χ3n) is 14.0. The van der Waals surface area contributed by atoms with Gasteiger partial charge in [-0.15, -0.1) is 0 Å². The maximum atomic E-state index is 14.4. The van der Waals surface area contributed by atoms with Gasteiger partial charge in [0, 0.05) is 17.5 Å². The van der Waals surface area contributed by atoms with Gasteiger partial charge in [0.2, 0.25) is 6.79 Å². The summed E-state index contributed by atoms with van der Waals surface area (Å²) in [5.74, 6) is -1.38. The van der Waals surface area contributed by atoms with Crippen molar-refractivity contribution in [2.45, 2.75) is 139 Å². The summed E-state index contributed by atoms with van der Waals surface area (Å²) in [6.45, 7) is 19.2. The molecule has 288 valence electrons. The van der Waals surface area contributed by atoms with E-state index in [1.165, 1.54) is 6.92 Å². The Hall–Kier alpha value is -2.68. The van der Waals surface area contributed by atoms with Crippen molar-refractivity contribution < 1.29 is 38.8 Å². The molecule has 0 bridgehead atoms. The summed E-state index contributed by atoms with van der Waals surface area (Å²) in [6.07, 6.45) is 3.42. The van der Waals surface area contributed by atoms with Crippen molar-refractivity contribution in [2.75, 3.05) is 6.79 Å². The number of fused-ring (bicyclic) bond motifs is 5. The van der Waals surface area contributed by atoms with Gasteiger partial charge in [-0.05, 0) is 155 Å². The summed E-state index contributed by atoms with van der Waals surface area (Å²) in [5, 5.41) is 23.8. The van der Waals surface area contributed by atoms with E-state index in [1.807, 2.05) is 38.1 Å². The van der Waals surface area contributed by atoms with Crippen LogP contribution in [0.4, 0.5) is 0 Å². The first-order valence-corrected chi connectivity index (χ1v) is 19.6. The van der Waals surface area contributed by atoms with Crippen molar-refractivity contribution in [3.8, 4) is 0 Å². The Bertz CT molecular complexity index is 1600. The van der Waals surface area contributed by atoms with Gasteiger partial charge < -0.3 is 24.4 Å². The van der Waals surface area contributed by atoms with Crippen molar-refractivity contribution in [2.24, 2.45) is 45.3 Å². The van der Waals surface area contributed by atoms with Crippen molar-refractivity contribution in [1.29, 1.82) is 0 Å². The monoisotopic (exact) mass is 740 g/mol. The molecule has 9 heteroatoms. The van der Waals surface area contributed by atoms with E-state index in [0.717, 1.165) is 36.0 Å². The van der Waals surface area contributed by atoms with Crippen molar-refractivity contribution in [3.63, 3.8) is 0 Å². The highest BCUT2D eigenvalue weighted by atomic mass is 35.5. The van der Waals surface area contributed by atoms with Crippen LogP contribution in [0, 0.1) is 45.3 Å². The van der Waals surface area contributed by atoms with E-state index in [4.69, 9.17) is 25.8 Å². The average molecular weight is 741 g/mol. The smallest absolute Gasteiger partial charge is 0.336 e. The number of hydrogen-bond donors (Lipinski definition) is 2. The fourth-order valence-corrected chi connectivity index (χ4v) is 11.4. The van der Waals surface area contributed by atoms with Crippen LogP contribution >= 0.6 is 11.6 Å². The molecular weight excluding hydrogens is 680 g/mol. The van der Waals surface area contributed by atoms with Crippen LogP contribution in [0.3, 0.4) is 0 Å². The number of esters is 3. The fraction of sp³-hybridized carbons (Fsp3) is 0.698. The highest BCUT2D eigenvalue weighted by Gasteiger charge is 2.71. The van der Waals surface area contributed by atoms with Gasteiger partial charge in [0.1, 0.15) is 6.10 Å². The third kappa shape index (κ3) is 7.25. The lowest BCUT2D eigenvalue weighted by molar-refractivity contribution is -0.234. The minimum Gasteiger partial charge on any atom is -0.458 e. The van der Waals surface area contributed by atoms with Gasteiger partial charge >= 0.3 is 17.9 Å². The van der Waals surface area contributed by atoms with Gasteiger partial charge in [0.25, 0.3) is 0 Å². The second kappa shape index (κ2) is 14.9. The molecule has 1 unspecified atom stereocenters. The number of aliphatic hydroxyl groups is 2. The van der Waals surface area contributed by atoms with E-state index in [0.29, 0.717) is 54.2 Å². The molecule has 1 aromatic rings. The molecule has 4 saturated carbocycles. The summed E-state index contributed by atoms with van der Waals surface area (Å²) in [6, 6.07) is 7.63. The van der Waals surface area contributed by atoms with Crippen LogP contribution in [0.2, 0.25) is 5.02 Å². The van der Waals surface area contributed by atoms with Crippen LogP contribution in [0.1, 0.15) is 126 Å². The van der Waals surface area contributed by atoms with Gasteiger partial charge in [-0.1, -0.05) is 57.0 Å². The quantitative estimate of drug-likeness (QED) is 0.154. The third-order valence-corrected chi connectivity index (χ3v) is 14.3. The Balaban J connectivity index is 1.60. The molecule has 10 atom stereocenters. The first kappa shape index (κ1) is 40.5. The Morgan fingerprint density at radius 2 is 1.56 bits per heavy atom. The highest BCUT2D eigenvalue weighted by molar-refractivity contribution is 6.30. The largest absolute Gasteiger partial charge is 0.458 e. The van der Waals surface area contributed by atoms with Gasteiger partial charge in [-0.2, -0.15) is 0 Å². The molecule has 0 radical (unpaired) electrons. The summed E-state index contributed by atoms with van der Waals surface area (Å²) >= 11 is 6.22. The van der Waals surface area contributed by atoms with E-state index in [-0.39, 0.29) is 34.7 Å². The molecule has 5 rings (SSSR count). The van der Waals surface area contributed by atoms with E-state index >= 15 is 0 Å². The normalized spacial score (nSPS) is 36.4. The lowest BCUT2D eigenvalue weighted by atomic mass is 9.36. The van der Waals surface area contributed by atoms with Gasteiger partial charge in [-0.25, -0.2) is 4.79 Å². The minimum absolute atomic E-state index is 0.0262. The van der Waals surface area contributed by atoms with Crippen LogP contribution < -0.4 is 0 Å². The molecule has 52 heavy (non-hydrogen) atoms. The number of allylic oxidation sites excluding steroid dienone is 2. The SMILES string of the molecule is CC(=O)O[C@H]1C[C@@]2(C)[C@H](C[C@@H](O)[C@@H]3[C@@]4(C)CC[C@@H](O)[C@@H](C)C4CC[C@@]32C)C1=C(CCC(=C(C)C)c1ccc(Cl)cc1)C(=O)OCOC(=O)C(C)(C)C. The number of hydrogen-bond acceptors (Lipinski definition) is 8. The van der Waals surface area contributed by atoms with E-state index in [2.05, 4.69) is 27.7 Å². The van der Waals surface area contributed by atoms with E-state index in [9.17, 15) is 24.6 Å². The van der Waals surface area contributed by atoms with Crippen LogP contribution in [0.15, 0.2) is 41.0 Å². The summed E-state index contributed by atoms with van der Waals surface area (Å²) in [5.41, 5.74) is 2.57.